The number of anilines is 1. The molecule has 1 heterocycles. The monoisotopic (exact) mass is 430 g/mol. The van der Waals surface area contributed by atoms with Gasteiger partial charge in [0.25, 0.3) is 5.91 Å². The molecular formula is C24H19FN4O3. The maximum Gasteiger partial charge on any atom is 0.340 e. The zero-order chi connectivity index (χ0) is 22.5. The van der Waals surface area contributed by atoms with Crippen LogP contribution in [0.3, 0.4) is 0 Å². The van der Waals surface area contributed by atoms with Crippen LogP contribution in [-0.4, -0.2) is 33.5 Å². The molecule has 0 spiro atoms. The van der Waals surface area contributed by atoms with Crippen LogP contribution in [0.1, 0.15) is 27.6 Å². The van der Waals surface area contributed by atoms with Crippen molar-refractivity contribution >= 4 is 17.6 Å². The number of esters is 1. The first-order valence-electron chi connectivity index (χ1n) is 9.91. The standard InChI is InChI=1S/C24H19FN4O3/c1-2-32-24(31)20-5-3-4-6-21(20)27-23(30)17-9-13-19(14-10-17)29-22(15-26-28-29)16-7-11-18(25)12-8-16/h3-15H,2H2,1H3,(H,27,30). The summed E-state index contributed by atoms with van der Waals surface area (Å²) in [4.78, 5) is 24.8. The van der Waals surface area contributed by atoms with Gasteiger partial charge in [-0.3, -0.25) is 4.79 Å². The summed E-state index contributed by atoms with van der Waals surface area (Å²) >= 11 is 0. The predicted octanol–water partition coefficient (Wildman–Crippen LogP) is 4.50. The van der Waals surface area contributed by atoms with E-state index in [2.05, 4.69) is 15.6 Å². The van der Waals surface area contributed by atoms with E-state index >= 15 is 0 Å². The van der Waals surface area contributed by atoms with Gasteiger partial charge >= 0.3 is 5.97 Å². The summed E-state index contributed by atoms with van der Waals surface area (Å²) in [6.07, 6.45) is 1.58. The number of benzene rings is 3. The van der Waals surface area contributed by atoms with Crippen molar-refractivity contribution in [2.75, 3.05) is 11.9 Å². The van der Waals surface area contributed by atoms with Gasteiger partial charge in [0.1, 0.15) is 5.82 Å². The molecule has 0 saturated heterocycles. The molecular weight excluding hydrogens is 411 g/mol. The lowest BCUT2D eigenvalue weighted by Crippen LogP contribution is -2.16. The van der Waals surface area contributed by atoms with Gasteiger partial charge in [-0.05, 0) is 67.6 Å². The van der Waals surface area contributed by atoms with Gasteiger partial charge in [0.05, 0.1) is 35.4 Å². The van der Waals surface area contributed by atoms with Crippen LogP contribution in [-0.2, 0) is 4.74 Å². The minimum Gasteiger partial charge on any atom is -0.462 e. The highest BCUT2D eigenvalue weighted by Crippen LogP contribution is 2.23. The largest absolute Gasteiger partial charge is 0.462 e. The Morgan fingerprint density at radius 1 is 1.00 bits per heavy atom. The summed E-state index contributed by atoms with van der Waals surface area (Å²) in [5.74, 6) is -1.20. The van der Waals surface area contributed by atoms with E-state index in [-0.39, 0.29) is 23.9 Å². The average Bonchev–Trinajstić information content (AvgIpc) is 3.30. The highest BCUT2D eigenvalue weighted by Gasteiger charge is 2.15. The molecule has 32 heavy (non-hydrogen) atoms. The molecule has 0 aliphatic carbocycles. The minimum atomic E-state index is -0.502. The zero-order valence-corrected chi connectivity index (χ0v) is 17.2. The van der Waals surface area contributed by atoms with E-state index in [1.165, 1.54) is 12.1 Å². The molecule has 0 saturated carbocycles. The fourth-order valence-corrected chi connectivity index (χ4v) is 3.17. The van der Waals surface area contributed by atoms with Crippen molar-refractivity contribution in [1.82, 2.24) is 15.0 Å². The second kappa shape index (κ2) is 9.22. The number of carbonyl (C=O) groups is 2. The number of para-hydroxylation sites is 1. The minimum absolute atomic E-state index is 0.241. The molecule has 3 aromatic carbocycles. The number of amides is 1. The molecule has 0 unspecified atom stereocenters. The molecule has 160 valence electrons. The molecule has 1 amide bonds. The zero-order valence-electron chi connectivity index (χ0n) is 17.2. The lowest BCUT2D eigenvalue weighted by Gasteiger charge is -2.11. The SMILES string of the molecule is CCOC(=O)c1ccccc1NC(=O)c1ccc(-n2nncc2-c2ccc(F)cc2)cc1. The number of nitrogens with zero attached hydrogens (tertiary/aromatic N) is 3. The van der Waals surface area contributed by atoms with Crippen molar-refractivity contribution in [3.05, 3.63) is 95.9 Å². The van der Waals surface area contributed by atoms with Crippen molar-refractivity contribution < 1.29 is 18.7 Å². The third-order valence-corrected chi connectivity index (χ3v) is 4.73. The molecule has 7 nitrogen and oxygen atoms in total. The Morgan fingerprint density at radius 3 is 2.44 bits per heavy atom. The Bertz CT molecular complexity index is 1250. The molecule has 0 atom stereocenters. The van der Waals surface area contributed by atoms with Gasteiger partial charge in [0, 0.05) is 11.1 Å². The van der Waals surface area contributed by atoms with Gasteiger partial charge in [-0.1, -0.05) is 17.3 Å². The molecule has 1 N–H and O–H groups in total. The van der Waals surface area contributed by atoms with Gasteiger partial charge in [0.2, 0.25) is 0 Å². The molecule has 4 rings (SSSR count). The van der Waals surface area contributed by atoms with Crippen molar-refractivity contribution in [1.29, 1.82) is 0 Å². The molecule has 0 aliphatic heterocycles. The second-order valence-electron chi connectivity index (χ2n) is 6.81. The topological polar surface area (TPSA) is 86.1 Å². The first-order chi connectivity index (χ1) is 15.6. The van der Waals surface area contributed by atoms with Crippen molar-refractivity contribution in [3.63, 3.8) is 0 Å². The number of rotatable bonds is 6. The van der Waals surface area contributed by atoms with Crippen molar-refractivity contribution in [3.8, 4) is 16.9 Å². The number of ether oxygens (including phenoxy) is 1. The number of nitrogens with one attached hydrogen (secondary N) is 1. The summed E-state index contributed by atoms with van der Waals surface area (Å²) in [5, 5.41) is 10.8. The summed E-state index contributed by atoms with van der Waals surface area (Å²) in [6, 6.07) is 19.4. The summed E-state index contributed by atoms with van der Waals surface area (Å²) in [5.41, 5.74) is 3.18. The smallest absolute Gasteiger partial charge is 0.340 e. The lowest BCUT2D eigenvalue weighted by molar-refractivity contribution is 0.0527. The van der Waals surface area contributed by atoms with E-state index in [4.69, 9.17) is 4.74 Å². The molecule has 0 fully saturated rings. The molecule has 8 heteroatoms. The van der Waals surface area contributed by atoms with E-state index in [1.807, 2.05) is 0 Å². The Morgan fingerprint density at radius 2 is 1.72 bits per heavy atom. The van der Waals surface area contributed by atoms with Gasteiger partial charge in [-0.25, -0.2) is 13.9 Å². The van der Waals surface area contributed by atoms with Crippen molar-refractivity contribution in [2.45, 2.75) is 6.92 Å². The maximum absolute atomic E-state index is 13.2. The number of hydrogen-bond acceptors (Lipinski definition) is 5. The normalized spacial score (nSPS) is 10.6. The van der Waals surface area contributed by atoms with E-state index < -0.39 is 5.97 Å². The fraction of sp³-hybridized carbons (Fsp3) is 0.0833. The number of carbonyl (C=O) groups excluding carboxylic acids is 2. The van der Waals surface area contributed by atoms with Gasteiger partial charge < -0.3 is 10.1 Å². The molecule has 0 radical (unpaired) electrons. The molecule has 4 aromatic rings. The quantitative estimate of drug-likeness (QED) is 0.455. The average molecular weight is 430 g/mol. The Hall–Kier alpha value is -4.33. The van der Waals surface area contributed by atoms with Crippen LogP contribution in [0.2, 0.25) is 0 Å². The molecule has 1 aromatic heterocycles. The predicted molar refractivity (Wildman–Crippen MR) is 117 cm³/mol. The number of halogens is 1. The molecule has 0 aliphatic rings. The van der Waals surface area contributed by atoms with Gasteiger partial charge in [-0.15, -0.1) is 5.10 Å². The Labute approximate surface area is 183 Å². The third-order valence-electron chi connectivity index (χ3n) is 4.73. The highest BCUT2D eigenvalue weighted by atomic mass is 19.1. The van der Waals surface area contributed by atoms with Gasteiger partial charge in [-0.2, -0.15) is 0 Å². The van der Waals surface area contributed by atoms with Crippen LogP contribution in [0.5, 0.6) is 0 Å². The summed E-state index contributed by atoms with van der Waals surface area (Å²) in [7, 11) is 0. The van der Waals surface area contributed by atoms with Crippen LogP contribution in [0, 0.1) is 5.82 Å². The lowest BCUT2D eigenvalue weighted by atomic mass is 10.1. The molecule has 0 bridgehead atoms. The highest BCUT2D eigenvalue weighted by molar-refractivity contribution is 6.08. The van der Waals surface area contributed by atoms with Crippen LogP contribution in [0.25, 0.3) is 16.9 Å². The first-order valence-corrected chi connectivity index (χ1v) is 9.91. The van der Waals surface area contributed by atoms with Crippen LogP contribution in [0.4, 0.5) is 10.1 Å². The van der Waals surface area contributed by atoms with E-state index in [9.17, 15) is 14.0 Å². The Kier molecular flexibility index (Phi) is 6.03. The first kappa shape index (κ1) is 20.9. The number of hydrogen-bond donors (Lipinski definition) is 1. The fourth-order valence-electron chi connectivity index (χ4n) is 3.17. The van der Waals surface area contributed by atoms with Crippen LogP contribution >= 0.6 is 0 Å². The number of aromatic nitrogens is 3. The summed E-state index contributed by atoms with van der Waals surface area (Å²) < 4.78 is 19.9. The van der Waals surface area contributed by atoms with Gasteiger partial charge in [0.15, 0.2) is 0 Å². The van der Waals surface area contributed by atoms with E-state index in [0.717, 1.165) is 5.56 Å². The van der Waals surface area contributed by atoms with E-state index in [1.54, 1.807) is 78.5 Å². The maximum atomic E-state index is 13.2. The summed E-state index contributed by atoms with van der Waals surface area (Å²) in [6.45, 7) is 1.96. The van der Waals surface area contributed by atoms with Crippen LogP contribution in [0.15, 0.2) is 79.0 Å². The second-order valence-corrected chi connectivity index (χ2v) is 6.81. The van der Waals surface area contributed by atoms with Crippen molar-refractivity contribution in [2.24, 2.45) is 0 Å². The van der Waals surface area contributed by atoms with Crippen LogP contribution < -0.4 is 5.32 Å². The van der Waals surface area contributed by atoms with E-state index in [0.29, 0.717) is 22.6 Å². The Balaban J connectivity index is 1.55. The third kappa shape index (κ3) is 4.39.